The molecule has 2 aromatic rings. The molecule has 1 saturated heterocycles. The Morgan fingerprint density at radius 1 is 1.15 bits per heavy atom. The number of sulfonamides is 1. The number of esters is 1. The van der Waals surface area contributed by atoms with E-state index >= 15 is 0 Å². The van der Waals surface area contributed by atoms with Gasteiger partial charge in [0.15, 0.2) is 0 Å². The molecular weight excluding hydrogens is 366 g/mol. The summed E-state index contributed by atoms with van der Waals surface area (Å²) in [5.41, 5.74) is 2.64. The summed E-state index contributed by atoms with van der Waals surface area (Å²) in [6.07, 6.45) is -0.877. The lowest BCUT2D eigenvalue weighted by atomic mass is 10.1. The first kappa shape index (κ1) is 19.5. The molecule has 0 aromatic heterocycles. The number of aliphatic hydroxyl groups excluding tert-OH is 1. The third kappa shape index (κ3) is 4.21. The number of aliphatic hydroxyl groups is 1. The minimum Gasteiger partial charge on any atom is -0.460 e. The highest BCUT2D eigenvalue weighted by Crippen LogP contribution is 2.28. The highest BCUT2D eigenvalue weighted by molar-refractivity contribution is 7.89. The fraction of sp³-hybridized carbons (Fsp3) is 0.350. The third-order valence-electron chi connectivity index (χ3n) is 4.81. The maximum atomic E-state index is 13.0. The fourth-order valence-electron chi connectivity index (χ4n) is 3.10. The van der Waals surface area contributed by atoms with E-state index in [1.807, 2.05) is 44.2 Å². The lowest BCUT2D eigenvalue weighted by molar-refractivity contribution is -0.148. The number of aryl methyl sites for hydroxylation is 2. The van der Waals surface area contributed by atoms with Crippen LogP contribution in [-0.4, -0.2) is 42.5 Å². The van der Waals surface area contributed by atoms with Crippen LogP contribution in [0, 0.1) is 13.8 Å². The molecule has 1 fully saturated rings. The van der Waals surface area contributed by atoms with Crippen molar-refractivity contribution in [1.29, 1.82) is 0 Å². The van der Waals surface area contributed by atoms with Crippen LogP contribution in [0.4, 0.5) is 0 Å². The van der Waals surface area contributed by atoms with Crippen molar-refractivity contribution in [2.24, 2.45) is 0 Å². The van der Waals surface area contributed by atoms with E-state index in [4.69, 9.17) is 4.74 Å². The van der Waals surface area contributed by atoms with Crippen molar-refractivity contribution < 1.29 is 23.1 Å². The normalized spacial score (nSPS) is 20.6. The molecule has 0 unspecified atom stereocenters. The van der Waals surface area contributed by atoms with Gasteiger partial charge in [0.25, 0.3) is 0 Å². The van der Waals surface area contributed by atoms with Crippen molar-refractivity contribution in [1.82, 2.24) is 4.31 Å². The van der Waals surface area contributed by atoms with E-state index in [-0.39, 0.29) is 24.5 Å². The van der Waals surface area contributed by atoms with Gasteiger partial charge in [0.1, 0.15) is 12.6 Å². The molecule has 144 valence electrons. The Hall–Kier alpha value is -2.22. The fourth-order valence-corrected chi connectivity index (χ4v) is 4.81. The Morgan fingerprint density at radius 3 is 2.52 bits per heavy atom. The second-order valence-corrected chi connectivity index (χ2v) is 8.71. The quantitative estimate of drug-likeness (QED) is 0.793. The van der Waals surface area contributed by atoms with Crippen LogP contribution in [0.2, 0.25) is 0 Å². The van der Waals surface area contributed by atoms with Crippen LogP contribution in [0.1, 0.15) is 23.1 Å². The van der Waals surface area contributed by atoms with Gasteiger partial charge in [0.2, 0.25) is 10.0 Å². The number of nitrogens with zero attached hydrogens (tertiary/aromatic N) is 1. The van der Waals surface area contributed by atoms with Crippen molar-refractivity contribution >= 4 is 16.0 Å². The largest absolute Gasteiger partial charge is 0.460 e. The average Bonchev–Trinajstić information content (AvgIpc) is 3.05. The summed E-state index contributed by atoms with van der Waals surface area (Å²) in [6, 6.07) is 13.0. The molecule has 6 nitrogen and oxygen atoms in total. The molecule has 27 heavy (non-hydrogen) atoms. The Balaban J connectivity index is 1.80. The SMILES string of the molecule is Cc1ccc(S(=O)(=O)N2C[C@@H](O)C[C@H]2C(=O)OCc2ccccc2)cc1C. The van der Waals surface area contributed by atoms with E-state index < -0.39 is 28.1 Å². The monoisotopic (exact) mass is 389 g/mol. The van der Waals surface area contributed by atoms with Gasteiger partial charge in [0.05, 0.1) is 11.0 Å². The molecule has 2 atom stereocenters. The first-order valence-electron chi connectivity index (χ1n) is 8.77. The first-order chi connectivity index (χ1) is 12.8. The highest BCUT2D eigenvalue weighted by Gasteiger charge is 2.44. The Kier molecular flexibility index (Phi) is 5.64. The van der Waals surface area contributed by atoms with Gasteiger partial charge in [0, 0.05) is 13.0 Å². The van der Waals surface area contributed by atoms with Crippen molar-refractivity contribution in [3.8, 4) is 0 Å². The van der Waals surface area contributed by atoms with Crippen molar-refractivity contribution in [2.45, 2.75) is 43.9 Å². The zero-order valence-electron chi connectivity index (χ0n) is 15.3. The van der Waals surface area contributed by atoms with Crippen LogP contribution in [0.25, 0.3) is 0 Å². The van der Waals surface area contributed by atoms with E-state index in [9.17, 15) is 18.3 Å². The number of hydrogen-bond acceptors (Lipinski definition) is 5. The van der Waals surface area contributed by atoms with E-state index in [1.54, 1.807) is 12.1 Å². The van der Waals surface area contributed by atoms with Crippen molar-refractivity contribution in [3.05, 3.63) is 65.2 Å². The Bertz CT molecular complexity index is 927. The van der Waals surface area contributed by atoms with Gasteiger partial charge in [-0.2, -0.15) is 4.31 Å². The molecular formula is C20H23NO5S. The van der Waals surface area contributed by atoms with Crippen LogP contribution >= 0.6 is 0 Å². The minimum absolute atomic E-state index is 0.0255. The molecule has 3 rings (SSSR count). The molecule has 0 spiro atoms. The number of benzene rings is 2. The van der Waals surface area contributed by atoms with E-state index in [0.717, 1.165) is 21.0 Å². The van der Waals surface area contributed by atoms with Gasteiger partial charge in [-0.1, -0.05) is 36.4 Å². The summed E-state index contributed by atoms with van der Waals surface area (Å²) in [7, 11) is -3.92. The molecule has 2 aromatic carbocycles. The predicted molar refractivity (Wildman–Crippen MR) is 100 cm³/mol. The van der Waals surface area contributed by atoms with Crippen LogP contribution in [0.3, 0.4) is 0 Å². The third-order valence-corrected chi connectivity index (χ3v) is 6.69. The second-order valence-electron chi connectivity index (χ2n) is 6.82. The predicted octanol–water partition coefficient (Wildman–Crippen LogP) is 2.17. The smallest absolute Gasteiger partial charge is 0.324 e. The van der Waals surface area contributed by atoms with Crippen LogP contribution < -0.4 is 0 Å². The van der Waals surface area contributed by atoms with Gasteiger partial charge in [-0.3, -0.25) is 4.79 Å². The summed E-state index contributed by atoms with van der Waals surface area (Å²) in [5, 5.41) is 10.00. The molecule has 0 radical (unpaired) electrons. The standard InChI is InChI=1S/C20H23NO5S/c1-14-8-9-18(10-15(14)2)27(24,25)21-12-17(22)11-19(21)20(23)26-13-16-6-4-3-5-7-16/h3-10,17,19,22H,11-13H2,1-2H3/t17-,19-/m0/s1. The number of β-amino-alcohol motifs (C(OH)–C–C–N with tert-alkyl or cyclic N) is 1. The van der Waals surface area contributed by atoms with Gasteiger partial charge < -0.3 is 9.84 Å². The Morgan fingerprint density at radius 2 is 1.85 bits per heavy atom. The van der Waals surface area contributed by atoms with Crippen LogP contribution in [0.15, 0.2) is 53.4 Å². The van der Waals surface area contributed by atoms with Gasteiger partial charge >= 0.3 is 5.97 Å². The lowest BCUT2D eigenvalue weighted by Crippen LogP contribution is -2.41. The molecule has 0 bridgehead atoms. The topological polar surface area (TPSA) is 83.9 Å². The maximum Gasteiger partial charge on any atom is 0.324 e. The maximum absolute atomic E-state index is 13.0. The van der Waals surface area contributed by atoms with Crippen molar-refractivity contribution in [3.63, 3.8) is 0 Å². The molecule has 7 heteroatoms. The zero-order chi connectivity index (χ0) is 19.6. The summed E-state index contributed by atoms with van der Waals surface area (Å²) < 4.78 is 32.4. The average molecular weight is 389 g/mol. The lowest BCUT2D eigenvalue weighted by Gasteiger charge is -2.23. The number of rotatable bonds is 5. The van der Waals surface area contributed by atoms with Crippen LogP contribution in [0.5, 0.6) is 0 Å². The molecule has 1 aliphatic rings. The first-order valence-corrected chi connectivity index (χ1v) is 10.2. The molecule has 0 saturated carbocycles. The molecule has 0 aliphatic carbocycles. The van der Waals surface area contributed by atoms with E-state index in [0.29, 0.717) is 0 Å². The molecule has 1 N–H and O–H groups in total. The summed E-state index contributed by atoms with van der Waals surface area (Å²) >= 11 is 0. The number of hydrogen-bond donors (Lipinski definition) is 1. The summed E-state index contributed by atoms with van der Waals surface area (Å²) in [4.78, 5) is 12.6. The van der Waals surface area contributed by atoms with Gasteiger partial charge in [-0.05, 0) is 42.7 Å². The van der Waals surface area contributed by atoms with Crippen LogP contribution in [-0.2, 0) is 26.2 Å². The second kappa shape index (κ2) is 7.80. The minimum atomic E-state index is -3.92. The van der Waals surface area contributed by atoms with E-state index in [2.05, 4.69) is 0 Å². The van der Waals surface area contributed by atoms with E-state index in [1.165, 1.54) is 6.07 Å². The summed E-state index contributed by atoms with van der Waals surface area (Å²) in [6.45, 7) is 3.66. The molecule has 1 aliphatic heterocycles. The Labute approximate surface area is 159 Å². The molecule has 0 amide bonds. The summed E-state index contributed by atoms with van der Waals surface area (Å²) in [5.74, 6) is -0.650. The zero-order valence-corrected chi connectivity index (χ0v) is 16.1. The van der Waals surface area contributed by atoms with Gasteiger partial charge in [-0.25, -0.2) is 8.42 Å². The molecule has 1 heterocycles. The number of carbonyl (C=O) groups excluding carboxylic acids is 1. The highest BCUT2D eigenvalue weighted by atomic mass is 32.2. The number of carbonyl (C=O) groups is 1. The number of ether oxygens (including phenoxy) is 1. The van der Waals surface area contributed by atoms with Gasteiger partial charge in [-0.15, -0.1) is 0 Å². The van der Waals surface area contributed by atoms with Crippen molar-refractivity contribution in [2.75, 3.05) is 6.54 Å².